The van der Waals surface area contributed by atoms with Crippen LogP contribution in [-0.2, 0) is 6.18 Å². The van der Waals surface area contributed by atoms with Gasteiger partial charge in [0, 0.05) is 44.8 Å². The van der Waals surface area contributed by atoms with Crippen LogP contribution in [-0.4, -0.2) is 47.0 Å². The molecular weight excluding hydrogens is 357 g/mol. The first-order valence-electron chi connectivity index (χ1n) is 7.53. The highest BCUT2D eigenvalue weighted by Crippen LogP contribution is 2.33. The highest BCUT2D eigenvalue weighted by atomic mass is 35.5. The second-order valence-corrected chi connectivity index (χ2v) is 5.96. The zero-order chi connectivity index (χ0) is 18.0. The Morgan fingerprint density at radius 1 is 1.16 bits per heavy atom. The fourth-order valence-electron chi connectivity index (χ4n) is 2.61. The average molecular weight is 371 g/mol. The van der Waals surface area contributed by atoms with Crippen LogP contribution < -0.4 is 4.90 Å². The van der Waals surface area contributed by atoms with Crippen LogP contribution in [0.2, 0.25) is 5.02 Å². The number of anilines is 1. The monoisotopic (exact) mass is 370 g/mol. The van der Waals surface area contributed by atoms with E-state index in [9.17, 15) is 18.0 Å². The van der Waals surface area contributed by atoms with Gasteiger partial charge < -0.3 is 9.80 Å². The van der Waals surface area contributed by atoms with E-state index < -0.39 is 11.7 Å². The van der Waals surface area contributed by atoms with Crippen LogP contribution in [0.4, 0.5) is 19.0 Å². The Kier molecular flexibility index (Phi) is 4.80. The summed E-state index contributed by atoms with van der Waals surface area (Å²) in [5.74, 6) is 0.169. The average Bonchev–Trinajstić information content (AvgIpc) is 2.61. The predicted molar refractivity (Wildman–Crippen MR) is 86.6 cm³/mol. The third-order valence-electron chi connectivity index (χ3n) is 3.92. The van der Waals surface area contributed by atoms with Gasteiger partial charge in [0.1, 0.15) is 5.82 Å². The van der Waals surface area contributed by atoms with Crippen LogP contribution in [0.3, 0.4) is 0 Å². The van der Waals surface area contributed by atoms with Gasteiger partial charge in [-0.25, -0.2) is 4.98 Å². The summed E-state index contributed by atoms with van der Waals surface area (Å²) < 4.78 is 38.0. The van der Waals surface area contributed by atoms with E-state index in [-0.39, 0.29) is 10.9 Å². The number of aromatic nitrogens is 2. The van der Waals surface area contributed by atoms with Crippen LogP contribution >= 0.6 is 11.6 Å². The van der Waals surface area contributed by atoms with Gasteiger partial charge in [0.05, 0.1) is 16.1 Å². The lowest BCUT2D eigenvalue weighted by atomic mass is 10.2. The number of halogens is 4. The molecule has 3 heterocycles. The van der Waals surface area contributed by atoms with Crippen molar-refractivity contribution in [3.8, 4) is 0 Å². The summed E-state index contributed by atoms with van der Waals surface area (Å²) in [7, 11) is 0. The molecule has 0 aromatic carbocycles. The summed E-state index contributed by atoms with van der Waals surface area (Å²) in [6.07, 6.45) is -0.617. The van der Waals surface area contributed by atoms with E-state index in [1.54, 1.807) is 28.1 Å². The fraction of sp³-hybridized carbons (Fsp3) is 0.312. The lowest BCUT2D eigenvalue weighted by molar-refractivity contribution is -0.137. The molecule has 0 N–H and O–H groups in total. The van der Waals surface area contributed by atoms with Crippen LogP contribution in [0.5, 0.6) is 0 Å². The van der Waals surface area contributed by atoms with Gasteiger partial charge in [0.2, 0.25) is 0 Å². The zero-order valence-corrected chi connectivity index (χ0v) is 13.8. The first-order valence-corrected chi connectivity index (χ1v) is 7.91. The number of piperazine rings is 1. The molecule has 1 aliphatic rings. The maximum Gasteiger partial charge on any atom is 0.417 e. The Hall–Kier alpha value is -2.35. The Morgan fingerprint density at radius 3 is 2.44 bits per heavy atom. The van der Waals surface area contributed by atoms with Gasteiger partial charge >= 0.3 is 6.18 Å². The lowest BCUT2D eigenvalue weighted by Gasteiger charge is -2.35. The van der Waals surface area contributed by atoms with Crippen molar-refractivity contribution in [1.29, 1.82) is 0 Å². The Morgan fingerprint density at radius 2 is 1.88 bits per heavy atom. The second-order valence-electron chi connectivity index (χ2n) is 5.55. The maximum absolute atomic E-state index is 12.7. The van der Waals surface area contributed by atoms with Crippen molar-refractivity contribution in [3.05, 3.63) is 52.9 Å². The van der Waals surface area contributed by atoms with Gasteiger partial charge in [-0.15, -0.1) is 0 Å². The molecule has 5 nitrogen and oxygen atoms in total. The van der Waals surface area contributed by atoms with E-state index in [0.717, 1.165) is 12.3 Å². The lowest BCUT2D eigenvalue weighted by Crippen LogP contribution is -2.49. The van der Waals surface area contributed by atoms with Crippen LogP contribution in [0.25, 0.3) is 0 Å². The Balaban J connectivity index is 1.67. The third-order valence-corrected chi connectivity index (χ3v) is 4.20. The topological polar surface area (TPSA) is 49.3 Å². The fourth-order valence-corrected chi connectivity index (χ4v) is 2.90. The predicted octanol–water partition coefficient (Wildman–Crippen LogP) is 3.11. The number of nitrogens with zero attached hydrogens (tertiary/aromatic N) is 4. The van der Waals surface area contributed by atoms with Gasteiger partial charge in [-0.2, -0.15) is 13.2 Å². The van der Waals surface area contributed by atoms with Gasteiger partial charge in [-0.05, 0) is 18.2 Å². The maximum atomic E-state index is 12.7. The molecule has 0 radical (unpaired) electrons. The van der Waals surface area contributed by atoms with E-state index in [0.29, 0.717) is 37.6 Å². The molecule has 0 atom stereocenters. The highest BCUT2D eigenvalue weighted by molar-refractivity contribution is 6.33. The number of hydrogen-bond donors (Lipinski definition) is 0. The molecule has 0 saturated carbocycles. The molecule has 0 spiro atoms. The standard InChI is InChI=1S/C16H14ClF3N4O/c17-13-8-12(16(18,19)20)10-22-14(13)23-4-6-24(7-5-23)15(25)11-2-1-3-21-9-11/h1-3,8-10H,4-7H2. The summed E-state index contributed by atoms with van der Waals surface area (Å²) >= 11 is 5.97. The second kappa shape index (κ2) is 6.87. The molecule has 3 rings (SSSR count). The minimum atomic E-state index is -4.48. The highest BCUT2D eigenvalue weighted by Gasteiger charge is 2.32. The SMILES string of the molecule is O=C(c1cccnc1)N1CCN(c2ncc(C(F)(F)F)cc2Cl)CC1. The number of rotatable bonds is 2. The summed E-state index contributed by atoms with van der Waals surface area (Å²) in [6, 6.07) is 4.25. The minimum absolute atomic E-state index is 0.0538. The molecule has 2 aromatic rings. The van der Waals surface area contributed by atoms with Crippen molar-refractivity contribution in [2.75, 3.05) is 31.1 Å². The summed E-state index contributed by atoms with van der Waals surface area (Å²) in [5.41, 5.74) is -0.381. The van der Waals surface area contributed by atoms with Crippen LogP contribution in [0, 0.1) is 0 Å². The van der Waals surface area contributed by atoms with Crippen molar-refractivity contribution in [3.63, 3.8) is 0 Å². The molecule has 1 amide bonds. The van der Waals surface area contributed by atoms with E-state index in [4.69, 9.17) is 11.6 Å². The first-order chi connectivity index (χ1) is 11.9. The molecule has 0 aliphatic carbocycles. The summed E-state index contributed by atoms with van der Waals surface area (Å²) in [6.45, 7) is 1.72. The molecule has 0 bridgehead atoms. The molecule has 2 aromatic heterocycles. The molecule has 0 unspecified atom stereocenters. The number of pyridine rings is 2. The Labute approximate surface area is 147 Å². The molecule has 25 heavy (non-hydrogen) atoms. The third kappa shape index (κ3) is 3.84. The van der Waals surface area contributed by atoms with Gasteiger partial charge in [0.15, 0.2) is 0 Å². The summed E-state index contributed by atoms with van der Waals surface area (Å²) in [4.78, 5) is 23.6. The van der Waals surface area contributed by atoms with Gasteiger partial charge in [-0.3, -0.25) is 9.78 Å². The van der Waals surface area contributed by atoms with Gasteiger partial charge in [0.25, 0.3) is 5.91 Å². The first kappa shape index (κ1) is 17.5. The summed E-state index contributed by atoms with van der Waals surface area (Å²) in [5, 5.41) is -0.0538. The molecule has 9 heteroatoms. The number of hydrogen-bond acceptors (Lipinski definition) is 4. The number of carbonyl (C=O) groups is 1. The number of amides is 1. The molecule has 1 saturated heterocycles. The molecule has 1 fully saturated rings. The quantitative estimate of drug-likeness (QED) is 0.815. The van der Waals surface area contributed by atoms with Crippen molar-refractivity contribution in [2.45, 2.75) is 6.18 Å². The number of carbonyl (C=O) groups excluding carboxylic acids is 1. The largest absolute Gasteiger partial charge is 0.417 e. The van der Waals surface area contributed by atoms with Crippen LogP contribution in [0.1, 0.15) is 15.9 Å². The minimum Gasteiger partial charge on any atom is -0.352 e. The van der Waals surface area contributed by atoms with E-state index in [1.807, 2.05) is 0 Å². The van der Waals surface area contributed by atoms with Crippen molar-refractivity contribution >= 4 is 23.3 Å². The van der Waals surface area contributed by atoms with E-state index in [1.165, 1.54) is 6.20 Å². The Bertz CT molecular complexity index is 762. The smallest absolute Gasteiger partial charge is 0.352 e. The van der Waals surface area contributed by atoms with Gasteiger partial charge in [-0.1, -0.05) is 11.6 Å². The van der Waals surface area contributed by atoms with Crippen molar-refractivity contribution in [2.24, 2.45) is 0 Å². The molecular formula is C16H14ClF3N4O. The van der Waals surface area contributed by atoms with Crippen molar-refractivity contribution in [1.82, 2.24) is 14.9 Å². The van der Waals surface area contributed by atoms with Crippen molar-refractivity contribution < 1.29 is 18.0 Å². The van der Waals surface area contributed by atoms with Crippen LogP contribution in [0.15, 0.2) is 36.8 Å². The number of alkyl halides is 3. The zero-order valence-electron chi connectivity index (χ0n) is 13.0. The van der Waals surface area contributed by atoms with E-state index in [2.05, 4.69) is 9.97 Å². The molecule has 132 valence electrons. The molecule has 1 aliphatic heterocycles. The normalized spacial score (nSPS) is 15.4. The van der Waals surface area contributed by atoms with E-state index >= 15 is 0 Å².